The van der Waals surface area contributed by atoms with E-state index >= 15 is 0 Å². The van der Waals surface area contributed by atoms with Crippen LogP contribution in [0.1, 0.15) is 15.9 Å². The lowest BCUT2D eigenvalue weighted by Crippen LogP contribution is -2.17. The van der Waals surface area contributed by atoms with E-state index in [-0.39, 0.29) is 28.3 Å². The Morgan fingerprint density at radius 3 is 2.70 bits per heavy atom. The number of phenolic OH excluding ortho intramolecular Hbond substituents is 2. The Kier molecular flexibility index (Phi) is 4.91. The summed E-state index contributed by atoms with van der Waals surface area (Å²) in [5.41, 5.74) is 2.32. The molecule has 0 radical (unpaired) electrons. The highest BCUT2D eigenvalue weighted by molar-refractivity contribution is 9.10. The maximum atomic E-state index is 11.9. The Morgan fingerprint density at radius 1 is 1.26 bits per heavy atom. The number of nitro benzene ring substituents is 1. The van der Waals surface area contributed by atoms with Crippen LogP contribution in [0.2, 0.25) is 0 Å². The lowest BCUT2D eigenvalue weighted by molar-refractivity contribution is -0.384. The summed E-state index contributed by atoms with van der Waals surface area (Å²) < 4.78 is 0.349. The number of amides is 1. The number of benzene rings is 2. The summed E-state index contributed by atoms with van der Waals surface area (Å²) in [6.45, 7) is 0. The molecule has 0 aliphatic heterocycles. The molecule has 2 aromatic rings. The molecule has 3 N–H and O–H groups in total. The van der Waals surface area contributed by atoms with E-state index in [2.05, 4.69) is 26.5 Å². The third kappa shape index (κ3) is 4.04. The number of rotatable bonds is 4. The number of aromatic hydroxyl groups is 2. The van der Waals surface area contributed by atoms with Crippen LogP contribution in [0, 0.1) is 10.1 Å². The summed E-state index contributed by atoms with van der Waals surface area (Å²) in [5, 5.41) is 33.3. The Balaban J connectivity index is 2.11. The zero-order chi connectivity index (χ0) is 17.0. The Bertz CT molecular complexity index is 807. The van der Waals surface area contributed by atoms with E-state index in [1.807, 2.05) is 0 Å². The summed E-state index contributed by atoms with van der Waals surface area (Å²) in [4.78, 5) is 21.9. The van der Waals surface area contributed by atoms with Crippen LogP contribution >= 0.6 is 15.9 Å². The van der Waals surface area contributed by atoms with Crippen molar-refractivity contribution < 1.29 is 19.9 Å². The van der Waals surface area contributed by atoms with E-state index in [0.29, 0.717) is 4.47 Å². The molecule has 0 heterocycles. The Morgan fingerprint density at radius 2 is 2.00 bits per heavy atom. The highest BCUT2D eigenvalue weighted by Crippen LogP contribution is 2.30. The fourth-order valence-electron chi connectivity index (χ4n) is 1.66. The molecule has 0 aromatic heterocycles. The number of carbonyl (C=O) groups is 1. The van der Waals surface area contributed by atoms with Gasteiger partial charge in [-0.05, 0) is 28.1 Å². The molecule has 9 heteroatoms. The predicted octanol–water partition coefficient (Wildman–Crippen LogP) is 2.53. The maximum absolute atomic E-state index is 11.9. The van der Waals surface area contributed by atoms with Crippen LogP contribution in [0.3, 0.4) is 0 Å². The molecule has 0 aliphatic carbocycles. The number of hydrogen-bond donors (Lipinski definition) is 3. The topological polar surface area (TPSA) is 125 Å². The van der Waals surface area contributed by atoms with Gasteiger partial charge in [0.15, 0.2) is 0 Å². The molecular formula is C14H10BrN3O5. The third-order valence-corrected chi connectivity index (χ3v) is 3.42. The summed E-state index contributed by atoms with van der Waals surface area (Å²) in [7, 11) is 0. The first-order valence-electron chi connectivity index (χ1n) is 6.18. The molecule has 0 bridgehead atoms. The molecule has 23 heavy (non-hydrogen) atoms. The molecule has 0 atom stereocenters. The van der Waals surface area contributed by atoms with Crippen LogP contribution in [-0.2, 0) is 0 Å². The molecule has 118 valence electrons. The number of carbonyl (C=O) groups excluding carboxylic acids is 1. The van der Waals surface area contributed by atoms with Crippen molar-refractivity contribution in [1.82, 2.24) is 5.43 Å². The van der Waals surface area contributed by atoms with Crippen LogP contribution in [0.15, 0.2) is 46.0 Å². The number of phenols is 2. The van der Waals surface area contributed by atoms with Crippen molar-refractivity contribution in [1.29, 1.82) is 0 Å². The van der Waals surface area contributed by atoms with Gasteiger partial charge >= 0.3 is 0 Å². The monoisotopic (exact) mass is 379 g/mol. The van der Waals surface area contributed by atoms with E-state index < -0.39 is 10.8 Å². The zero-order valence-electron chi connectivity index (χ0n) is 11.4. The summed E-state index contributed by atoms with van der Waals surface area (Å²) in [6.07, 6.45) is 1.18. The van der Waals surface area contributed by atoms with Gasteiger partial charge in [0.2, 0.25) is 0 Å². The number of hydrazone groups is 1. The molecule has 2 rings (SSSR count). The summed E-state index contributed by atoms with van der Waals surface area (Å²) in [5.74, 6) is -0.999. The van der Waals surface area contributed by atoms with Crippen molar-refractivity contribution in [3.8, 4) is 11.5 Å². The largest absolute Gasteiger partial charge is 0.507 e. The predicted molar refractivity (Wildman–Crippen MR) is 85.6 cm³/mol. The van der Waals surface area contributed by atoms with Gasteiger partial charge in [-0.25, -0.2) is 5.43 Å². The number of nitro groups is 1. The van der Waals surface area contributed by atoms with E-state index in [1.54, 1.807) is 0 Å². The quantitative estimate of drug-likeness (QED) is 0.427. The molecule has 0 saturated heterocycles. The summed E-state index contributed by atoms with van der Waals surface area (Å²) in [6, 6.07) is 7.72. The average Bonchev–Trinajstić information content (AvgIpc) is 2.52. The van der Waals surface area contributed by atoms with E-state index in [0.717, 1.165) is 12.1 Å². The minimum Gasteiger partial charge on any atom is -0.507 e. The van der Waals surface area contributed by atoms with Gasteiger partial charge in [-0.1, -0.05) is 6.07 Å². The number of non-ortho nitro benzene ring substituents is 1. The first kappa shape index (κ1) is 16.4. The molecule has 0 saturated carbocycles. The smallest absolute Gasteiger partial charge is 0.271 e. The molecule has 0 aliphatic rings. The van der Waals surface area contributed by atoms with Crippen molar-refractivity contribution in [2.75, 3.05) is 0 Å². The minimum absolute atomic E-state index is 0.0764. The lowest BCUT2D eigenvalue weighted by atomic mass is 10.2. The summed E-state index contributed by atoms with van der Waals surface area (Å²) >= 11 is 3.09. The number of halogens is 1. The molecule has 8 nitrogen and oxygen atoms in total. The van der Waals surface area contributed by atoms with Crippen molar-refractivity contribution in [2.24, 2.45) is 5.10 Å². The van der Waals surface area contributed by atoms with Gasteiger partial charge in [0, 0.05) is 29.3 Å². The fraction of sp³-hybridized carbons (Fsp3) is 0. The van der Waals surface area contributed by atoms with E-state index in [9.17, 15) is 25.1 Å². The second-order valence-electron chi connectivity index (χ2n) is 4.37. The SMILES string of the molecule is O=C(N/N=C\c1cc(Br)c(O)cc1O)c1cccc([N+](=O)[O-])c1. The highest BCUT2D eigenvalue weighted by Gasteiger charge is 2.11. The van der Waals surface area contributed by atoms with Gasteiger partial charge in [-0.3, -0.25) is 14.9 Å². The Labute approximate surface area is 138 Å². The van der Waals surface area contributed by atoms with Crippen LogP contribution in [0.4, 0.5) is 5.69 Å². The lowest BCUT2D eigenvalue weighted by Gasteiger charge is -2.03. The van der Waals surface area contributed by atoms with Gasteiger partial charge < -0.3 is 10.2 Å². The van der Waals surface area contributed by atoms with Crippen LogP contribution < -0.4 is 5.43 Å². The van der Waals surface area contributed by atoms with E-state index in [1.165, 1.54) is 30.5 Å². The second kappa shape index (κ2) is 6.88. The van der Waals surface area contributed by atoms with Gasteiger partial charge in [-0.2, -0.15) is 5.10 Å². The average molecular weight is 380 g/mol. The van der Waals surface area contributed by atoms with Crippen molar-refractivity contribution >= 4 is 33.7 Å². The number of nitrogens with zero attached hydrogens (tertiary/aromatic N) is 2. The molecular weight excluding hydrogens is 370 g/mol. The number of hydrogen-bond acceptors (Lipinski definition) is 6. The van der Waals surface area contributed by atoms with Crippen molar-refractivity contribution in [3.63, 3.8) is 0 Å². The van der Waals surface area contributed by atoms with E-state index in [4.69, 9.17) is 0 Å². The minimum atomic E-state index is -0.637. The van der Waals surface area contributed by atoms with Crippen molar-refractivity contribution in [2.45, 2.75) is 0 Å². The molecule has 0 unspecified atom stereocenters. The molecule has 2 aromatic carbocycles. The van der Waals surface area contributed by atoms with Crippen LogP contribution in [0.5, 0.6) is 11.5 Å². The highest BCUT2D eigenvalue weighted by atomic mass is 79.9. The Hall–Kier alpha value is -2.94. The van der Waals surface area contributed by atoms with Crippen molar-refractivity contribution in [3.05, 3.63) is 62.1 Å². The van der Waals surface area contributed by atoms with Gasteiger partial charge in [0.1, 0.15) is 11.5 Å². The standard InChI is InChI=1S/C14H10BrN3O5/c15-11-5-9(12(19)6-13(11)20)7-16-17-14(21)8-2-1-3-10(4-8)18(22)23/h1-7,19-20H,(H,17,21)/b16-7-. The number of nitrogens with one attached hydrogen (secondary N) is 1. The maximum Gasteiger partial charge on any atom is 0.271 e. The van der Waals surface area contributed by atoms with Gasteiger partial charge in [0.05, 0.1) is 15.6 Å². The molecule has 0 fully saturated rings. The van der Waals surface area contributed by atoms with Crippen LogP contribution in [-0.4, -0.2) is 27.3 Å². The fourth-order valence-corrected chi connectivity index (χ4v) is 2.02. The molecule has 0 spiro atoms. The van der Waals surface area contributed by atoms with Crippen LogP contribution in [0.25, 0.3) is 0 Å². The first-order chi connectivity index (χ1) is 10.9. The second-order valence-corrected chi connectivity index (χ2v) is 5.22. The van der Waals surface area contributed by atoms with Gasteiger partial charge in [0.25, 0.3) is 11.6 Å². The normalized spacial score (nSPS) is 10.7. The van der Waals surface area contributed by atoms with Gasteiger partial charge in [-0.15, -0.1) is 0 Å². The molecule has 1 amide bonds. The third-order valence-electron chi connectivity index (χ3n) is 2.79. The first-order valence-corrected chi connectivity index (χ1v) is 6.97. The zero-order valence-corrected chi connectivity index (χ0v) is 13.0.